The molecule has 0 unspecified atom stereocenters. The van der Waals surface area contributed by atoms with Gasteiger partial charge < -0.3 is 10.1 Å². The Kier molecular flexibility index (Phi) is 4.76. The van der Waals surface area contributed by atoms with Gasteiger partial charge in [-0.25, -0.2) is 0 Å². The summed E-state index contributed by atoms with van der Waals surface area (Å²) in [5, 5.41) is 2.69. The van der Waals surface area contributed by atoms with Crippen LogP contribution < -0.4 is 5.32 Å². The van der Waals surface area contributed by atoms with Gasteiger partial charge in [-0.3, -0.25) is 9.59 Å². The second kappa shape index (κ2) is 6.95. The van der Waals surface area contributed by atoms with Crippen LogP contribution in [0.4, 0.5) is 0 Å². The van der Waals surface area contributed by atoms with Crippen LogP contribution in [-0.2, 0) is 20.9 Å². The minimum atomic E-state index is -0.384. The molecule has 2 aliphatic carbocycles. The van der Waals surface area contributed by atoms with Crippen LogP contribution in [-0.4, -0.2) is 18.4 Å². The van der Waals surface area contributed by atoms with Crippen molar-refractivity contribution in [2.75, 3.05) is 6.54 Å². The number of hydrogen-bond acceptors (Lipinski definition) is 3. The van der Waals surface area contributed by atoms with E-state index in [4.69, 9.17) is 4.74 Å². The van der Waals surface area contributed by atoms with Crippen molar-refractivity contribution in [3.63, 3.8) is 0 Å². The van der Waals surface area contributed by atoms with E-state index in [0.29, 0.717) is 12.3 Å². The van der Waals surface area contributed by atoms with Crippen molar-refractivity contribution in [1.29, 1.82) is 0 Å². The minimum Gasteiger partial charge on any atom is -0.460 e. The molecular formula is C18H23NO3. The zero-order chi connectivity index (χ0) is 15.4. The highest BCUT2D eigenvalue weighted by atomic mass is 16.5. The van der Waals surface area contributed by atoms with Gasteiger partial charge in [0.05, 0.1) is 0 Å². The molecule has 1 N–H and O–H groups in total. The smallest absolute Gasteiger partial charge is 0.325 e. The molecule has 1 aromatic rings. The lowest BCUT2D eigenvalue weighted by Crippen LogP contribution is -2.32. The Morgan fingerprint density at radius 1 is 1.14 bits per heavy atom. The largest absolute Gasteiger partial charge is 0.460 e. The standard InChI is InChI=1S/C18H23NO3/c20-17(10-16-9-14-6-7-15(16)8-14)19-11-18(21)22-12-13-4-2-1-3-5-13/h1-5,14-16H,6-12H2,(H,19,20)/t14-,15+,16+/m0/s1. The third-order valence-corrected chi connectivity index (χ3v) is 5.00. The molecule has 0 aromatic heterocycles. The molecule has 3 atom stereocenters. The maximum atomic E-state index is 11.9. The highest BCUT2D eigenvalue weighted by Crippen LogP contribution is 2.49. The van der Waals surface area contributed by atoms with Crippen LogP contribution >= 0.6 is 0 Å². The molecule has 1 amide bonds. The van der Waals surface area contributed by atoms with Crippen molar-refractivity contribution >= 4 is 11.9 Å². The van der Waals surface area contributed by atoms with Crippen LogP contribution in [0.1, 0.15) is 37.7 Å². The molecule has 0 radical (unpaired) electrons. The SMILES string of the molecule is O=C(C[C@H]1C[C@H]2CC[C@@H]1C2)NCC(=O)OCc1ccccc1. The van der Waals surface area contributed by atoms with E-state index in [1.165, 1.54) is 25.7 Å². The van der Waals surface area contributed by atoms with E-state index >= 15 is 0 Å². The second-order valence-corrected chi connectivity index (χ2v) is 6.56. The molecule has 1 aromatic carbocycles. The van der Waals surface area contributed by atoms with E-state index in [1.807, 2.05) is 30.3 Å². The fourth-order valence-corrected chi connectivity index (χ4v) is 3.90. The molecule has 2 aliphatic rings. The molecule has 2 bridgehead atoms. The lowest BCUT2D eigenvalue weighted by Gasteiger charge is -2.20. The average molecular weight is 301 g/mol. The summed E-state index contributed by atoms with van der Waals surface area (Å²) in [6.07, 6.45) is 5.68. The molecule has 0 spiro atoms. The maximum Gasteiger partial charge on any atom is 0.325 e. The molecule has 0 aliphatic heterocycles. The fourth-order valence-electron chi connectivity index (χ4n) is 3.90. The third kappa shape index (κ3) is 3.87. The van der Waals surface area contributed by atoms with Gasteiger partial charge >= 0.3 is 5.97 Å². The summed E-state index contributed by atoms with van der Waals surface area (Å²) in [5.41, 5.74) is 0.948. The van der Waals surface area contributed by atoms with Crippen LogP contribution in [0.25, 0.3) is 0 Å². The predicted molar refractivity (Wildman–Crippen MR) is 82.8 cm³/mol. The van der Waals surface area contributed by atoms with E-state index in [0.717, 1.165) is 17.4 Å². The number of amides is 1. The zero-order valence-corrected chi connectivity index (χ0v) is 12.8. The van der Waals surface area contributed by atoms with Gasteiger partial charge in [-0.2, -0.15) is 0 Å². The zero-order valence-electron chi connectivity index (χ0n) is 12.8. The average Bonchev–Trinajstić information content (AvgIpc) is 3.14. The fraction of sp³-hybridized carbons (Fsp3) is 0.556. The summed E-state index contributed by atoms with van der Waals surface area (Å²) < 4.78 is 5.14. The molecule has 22 heavy (non-hydrogen) atoms. The Balaban J connectivity index is 1.33. The highest BCUT2D eigenvalue weighted by Gasteiger charge is 2.40. The molecular weight excluding hydrogens is 278 g/mol. The maximum absolute atomic E-state index is 11.9. The summed E-state index contributed by atoms with van der Waals surface area (Å²) in [4.78, 5) is 23.6. The van der Waals surface area contributed by atoms with Gasteiger partial charge in [-0.1, -0.05) is 36.8 Å². The van der Waals surface area contributed by atoms with Crippen molar-refractivity contribution in [2.45, 2.75) is 38.7 Å². The Labute approximate surface area is 131 Å². The first kappa shape index (κ1) is 15.1. The molecule has 2 fully saturated rings. The first-order valence-corrected chi connectivity index (χ1v) is 8.17. The van der Waals surface area contributed by atoms with Gasteiger partial charge in [0.25, 0.3) is 0 Å². The Hall–Kier alpha value is -1.84. The minimum absolute atomic E-state index is 0.0192. The topological polar surface area (TPSA) is 55.4 Å². The van der Waals surface area contributed by atoms with Crippen LogP contribution in [0.3, 0.4) is 0 Å². The summed E-state index contributed by atoms with van der Waals surface area (Å²) in [5.74, 6) is 1.71. The summed E-state index contributed by atoms with van der Waals surface area (Å²) in [7, 11) is 0. The van der Waals surface area contributed by atoms with E-state index < -0.39 is 0 Å². The number of carbonyl (C=O) groups is 2. The number of carbonyl (C=O) groups excluding carboxylic acids is 2. The summed E-state index contributed by atoms with van der Waals surface area (Å²) in [6, 6.07) is 9.53. The number of esters is 1. The number of hydrogen-bond donors (Lipinski definition) is 1. The number of ether oxygens (including phenoxy) is 1. The van der Waals surface area contributed by atoms with Crippen molar-refractivity contribution in [1.82, 2.24) is 5.32 Å². The molecule has 0 heterocycles. The molecule has 4 heteroatoms. The van der Waals surface area contributed by atoms with E-state index in [9.17, 15) is 9.59 Å². The monoisotopic (exact) mass is 301 g/mol. The number of rotatable bonds is 6. The van der Waals surface area contributed by atoms with Crippen molar-refractivity contribution in [2.24, 2.45) is 17.8 Å². The van der Waals surface area contributed by atoms with Gasteiger partial charge in [-0.05, 0) is 42.6 Å². The Morgan fingerprint density at radius 3 is 2.64 bits per heavy atom. The lowest BCUT2D eigenvalue weighted by atomic mass is 9.86. The molecule has 2 saturated carbocycles. The van der Waals surface area contributed by atoms with Crippen molar-refractivity contribution in [3.8, 4) is 0 Å². The van der Waals surface area contributed by atoms with Crippen molar-refractivity contribution < 1.29 is 14.3 Å². The predicted octanol–water partition coefficient (Wildman–Crippen LogP) is 2.67. The number of fused-ring (bicyclic) bond motifs is 2. The molecule has 118 valence electrons. The summed E-state index contributed by atoms with van der Waals surface area (Å²) in [6.45, 7) is 0.217. The van der Waals surface area contributed by atoms with Crippen LogP contribution in [0.5, 0.6) is 0 Å². The van der Waals surface area contributed by atoms with Crippen LogP contribution in [0, 0.1) is 17.8 Å². The van der Waals surface area contributed by atoms with Gasteiger partial charge in [0.1, 0.15) is 13.2 Å². The van der Waals surface area contributed by atoms with Crippen LogP contribution in [0.2, 0.25) is 0 Å². The van der Waals surface area contributed by atoms with Gasteiger partial charge in [-0.15, -0.1) is 0 Å². The lowest BCUT2D eigenvalue weighted by molar-refractivity contribution is -0.145. The van der Waals surface area contributed by atoms with Gasteiger partial charge in [0, 0.05) is 6.42 Å². The van der Waals surface area contributed by atoms with E-state index in [-0.39, 0.29) is 25.0 Å². The van der Waals surface area contributed by atoms with Gasteiger partial charge in [0.2, 0.25) is 5.91 Å². The van der Waals surface area contributed by atoms with E-state index in [1.54, 1.807) is 0 Å². The molecule has 0 saturated heterocycles. The molecule has 4 nitrogen and oxygen atoms in total. The van der Waals surface area contributed by atoms with Gasteiger partial charge in [0.15, 0.2) is 0 Å². The first-order chi connectivity index (χ1) is 10.7. The second-order valence-electron chi connectivity index (χ2n) is 6.56. The first-order valence-electron chi connectivity index (χ1n) is 8.17. The Morgan fingerprint density at radius 2 is 1.95 bits per heavy atom. The highest BCUT2D eigenvalue weighted by molar-refractivity contribution is 5.82. The number of benzene rings is 1. The quantitative estimate of drug-likeness (QED) is 0.822. The van der Waals surface area contributed by atoms with Crippen LogP contribution in [0.15, 0.2) is 30.3 Å². The summed E-state index contributed by atoms with van der Waals surface area (Å²) >= 11 is 0. The normalized spacial score (nSPS) is 25.9. The van der Waals surface area contributed by atoms with Crippen molar-refractivity contribution in [3.05, 3.63) is 35.9 Å². The molecule has 3 rings (SSSR count). The van der Waals surface area contributed by atoms with E-state index in [2.05, 4.69) is 5.32 Å². The Bertz CT molecular complexity index is 528. The number of nitrogens with one attached hydrogen (secondary N) is 1. The third-order valence-electron chi connectivity index (χ3n) is 5.00.